The first-order chi connectivity index (χ1) is 12.1. The van der Waals surface area contributed by atoms with Crippen LogP contribution in [0.25, 0.3) is 0 Å². The molecule has 25 heavy (non-hydrogen) atoms. The molecule has 0 spiro atoms. The highest BCUT2D eigenvalue weighted by Crippen LogP contribution is 2.32. The number of terminal acetylenes is 1. The lowest BCUT2D eigenvalue weighted by atomic mass is 9.82. The first-order valence-corrected chi connectivity index (χ1v) is 9.61. The van der Waals surface area contributed by atoms with Crippen LogP contribution in [0, 0.1) is 12.3 Å². The first-order valence-electron chi connectivity index (χ1n) is 8.73. The summed E-state index contributed by atoms with van der Waals surface area (Å²) in [6.45, 7) is 1.98. The van der Waals surface area contributed by atoms with Crippen molar-refractivity contribution in [2.45, 2.75) is 50.7 Å². The van der Waals surface area contributed by atoms with Crippen molar-refractivity contribution in [3.8, 4) is 18.1 Å². The summed E-state index contributed by atoms with van der Waals surface area (Å²) < 4.78 is 6.05. The number of hydrogen-bond donors (Lipinski definition) is 1. The second-order valence-electron chi connectivity index (χ2n) is 6.53. The Kier molecular flexibility index (Phi) is 5.45. The fraction of sp³-hybridized carbons (Fsp3) is 0.381. The minimum atomic E-state index is -0.512. The van der Waals surface area contributed by atoms with Gasteiger partial charge in [0.2, 0.25) is 0 Å². The highest BCUT2D eigenvalue weighted by molar-refractivity contribution is 7.12. The summed E-state index contributed by atoms with van der Waals surface area (Å²) in [5.41, 5.74) is 0.564. The lowest BCUT2D eigenvalue weighted by molar-refractivity contribution is 0.0902. The highest BCUT2D eigenvalue weighted by atomic mass is 32.1. The van der Waals surface area contributed by atoms with Crippen LogP contribution in [-0.2, 0) is 0 Å². The van der Waals surface area contributed by atoms with Gasteiger partial charge in [0.15, 0.2) is 0 Å². The van der Waals surface area contributed by atoms with Gasteiger partial charge in [-0.3, -0.25) is 4.79 Å². The van der Waals surface area contributed by atoms with Crippen molar-refractivity contribution in [3.05, 3.63) is 52.2 Å². The van der Waals surface area contributed by atoms with E-state index >= 15 is 0 Å². The van der Waals surface area contributed by atoms with E-state index in [0.717, 1.165) is 31.2 Å². The standard InChI is InChI=1S/C21H23NO2S/c1-3-21(13-8-5-9-14-21)22-20(23)19-18(12-15-25-19)24-16(2)17-10-6-4-7-11-17/h1,4,6-7,10-12,15-16H,5,8-9,13-14H2,2H3,(H,22,23). The third-order valence-corrected chi connectivity index (χ3v) is 5.64. The third kappa shape index (κ3) is 4.05. The smallest absolute Gasteiger partial charge is 0.266 e. The number of nitrogens with one attached hydrogen (secondary N) is 1. The molecule has 130 valence electrons. The molecule has 1 atom stereocenters. The van der Waals surface area contributed by atoms with E-state index in [1.54, 1.807) is 0 Å². The summed E-state index contributed by atoms with van der Waals surface area (Å²) in [6, 6.07) is 11.8. The second kappa shape index (κ2) is 7.76. The molecule has 4 heteroatoms. The average molecular weight is 353 g/mol. The van der Waals surface area contributed by atoms with Crippen LogP contribution in [0.4, 0.5) is 0 Å². The van der Waals surface area contributed by atoms with Gasteiger partial charge in [-0.15, -0.1) is 17.8 Å². The Hall–Kier alpha value is -2.25. The summed E-state index contributed by atoms with van der Waals surface area (Å²) in [4.78, 5) is 13.4. The monoisotopic (exact) mass is 353 g/mol. The van der Waals surface area contributed by atoms with Gasteiger partial charge in [0, 0.05) is 0 Å². The molecule has 1 aliphatic rings. The number of thiophene rings is 1. The van der Waals surface area contributed by atoms with E-state index in [1.807, 2.05) is 48.7 Å². The summed E-state index contributed by atoms with van der Waals surface area (Å²) in [5.74, 6) is 3.31. The van der Waals surface area contributed by atoms with Crippen LogP contribution in [0.2, 0.25) is 0 Å². The molecule has 0 aliphatic heterocycles. The normalized spacial score (nSPS) is 17.3. The molecule has 1 aromatic carbocycles. The number of carbonyl (C=O) groups is 1. The molecule has 3 nitrogen and oxygen atoms in total. The lowest BCUT2D eigenvalue weighted by Crippen LogP contribution is -2.48. The quantitative estimate of drug-likeness (QED) is 0.772. The van der Waals surface area contributed by atoms with Gasteiger partial charge in [-0.05, 0) is 36.8 Å². The van der Waals surface area contributed by atoms with E-state index in [2.05, 4.69) is 11.2 Å². The Morgan fingerprint density at radius 3 is 2.64 bits per heavy atom. The fourth-order valence-corrected chi connectivity index (χ4v) is 3.99. The zero-order valence-electron chi connectivity index (χ0n) is 14.5. The molecule has 1 heterocycles. The third-order valence-electron chi connectivity index (χ3n) is 4.74. The van der Waals surface area contributed by atoms with E-state index < -0.39 is 5.54 Å². The molecule has 0 radical (unpaired) electrons. The van der Waals surface area contributed by atoms with Gasteiger partial charge in [-0.25, -0.2) is 0 Å². The maximum absolute atomic E-state index is 12.8. The van der Waals surface area contributed by atoms with Gasteiger partial charge in [0.05, 0.1) is 0 Å². The maximum atomic E-state index is 12.8. The summed E-state index contributed by atoms with van der Waals surface area (Å²) in [6.07, 6.45) is 10.6. The van der Waals surface area contributed by atoms with Crippen LogP contribution >= 0.6 is 11.3 Å². The molecule has 3 rings (SSSR count). The largest absolute Gasteiger partial charge is 0.484 e. The Labute approximate surface area is 153 Å². The summed E-state index contributed by atoms with van der Waals surface area (Å²) in [7, 11) is 0. The van der Waals surface area contributed by atoms with Crippen molar-refractivity contribution in [3.63, 3.8) is 0 Å². The van der Waals surface area contributed by atoms with E-state index in [9.17, 15) is 4.79 Å². The van der Waals surface area contributed by atoms with Gasteiger partial charge in [-0.1, -0.05) is 55.5 Å². The van der Waals surface area contributed by atoms with Gasteiger partial charge in [0.25, 0.3) is 5.91 Å². The molecule has 2 aromatic rings. The van der Waals surface area contributed by atoms with Gasteiger partial charge >= 0.3 is 0 Å². The molecule has 1 aromatic heterocycles. The number of benzene rings is 1. The van der Waals surface area contributed by atoms with E-state index in [0.29, 0.717) is 10.6 Å². The van der Waals surface area contributed by atoms with E-state index in [-0.39, 0.29) is 12.0 Å². The van der Waals surface area contributed by atoms with Crippen LogP contribution in [0.15, 0.2) is 41.8 Å². The SMILES string of the molecule is C#CC1(NC(=O)c2sccc2OC(C)c2ccccc2)CCCCC1. The molecule has 0 bridgehead atoms. The Morgan fingerprint density at radius 2 is 1.96 bits per heavy atom. The first kappa shape index (κ1) is 17.6. The molecule has 1 aliphatic carbocycles. The number of amides is 1. The van der Waals surface area contributed by atoms with Crippen molar-refractivity contribution < 1.29 is 9.53 Å². The Balaban J connectivity index is 1.72. The van der Waals surface area contributed by atoms with E-state index in [1.165, 1.54) is 17.8 Å². The van der Waals surface area contributed by atoms with Crippen molar-refractivity contribution in [1.29, 1.82) is 0 Å². The Morgan fingerprint density at radius 1 is 1.24 bits per heavy atom. The molecule has 1 unspecified atom stereocenters. The molecular formula is C21H23NO2S. The van der Waals surface area contributed by atoms with Gasteiger partial charge < -0.3 is 10.1 Å². The fourth-order valence-electron chi connectivity index (χ4n) is 3.27. The average Bonchev–Trinajstić information content (AvgIpc) is 3.11. The molecule has 1 fully saturated rings. The number of ether oxygens (including phenoxy) is 1. The van der Waals surface area contributed by atoms with Gasteiger partial charge in [-0.2, -0.15) is 0 Å². The minimum absolute atomic E-state index is 0.126. The van der Waals surface area contributed by atoms with Crippen molar-refractivity contribution in [2.75, 3.05) is 0 Å². The van der Waals surface area contributed by atoms with Gasteiger partial charge in [0.1, 0.15) is 22.3 Å². The zero-order valence-corrected chi connectivity index (χ0v) is 15.3. The van der Waals surface area contributed by atoms with Crippen molar-refractivity contribution >= 4 is 17.2 Å². The molecule has 1 saturated carbocycles. The van der Waals surface area contributed by atoms with E-state index in [4.69, 9.17) is 11.2 Å². The number of carbonyl (C=O) groups excluding carboxylic acids is 1. The maximum Gasteiger partial charge on any atom is 0.266 e. The topological polar surface area (TPSA) is 38.3 Å². The van der Waals surface area contributed by atoms with Crippen LogP contribution in [0.3, 0.4) is 0 Å². The minimum Gasteiger partial charge on any atom is -0.484 e. The molecule has 1 N–H and O–H groups in total. The Bertz CT molecular complexity index is 754. The van der Waals surface area contributed by atoms with Crippen LogP contribution in [0.1, 0.15) is 60.4 Å². The molecule has 0 saturated heterocycles. The van der Waals surface area contributed by atoms with Crippen LogP contribution in [0.5, 0.6) is 5.75 Å². The predicted molar refractivity (Wildman–Crippen MR) is 102 cm³/mol. The van der Waals surface area contributed by atoms with Crippen LogP contribution < -0.4 is 10.1 Å². The highest BCUT2D eigenvalue weighted by Gasteiger charge is 2.33. The second-order valence-corrected chi connectivity index (χ2v) is 7.44. The molecule has 1 amide bonds. The molecular weight excluding hydrogens is 330 g/mol. The van der Waals surface area contributed by atoms with Crippen molar-refractivity contribution in [1.82, 2.24) is 5.32 Å². The summed E-state index contributed by atoms with van der Waals surface area (Å²) >= 11 is 1.39. The summed E-state index contributed by atoms with van der Waals surface area (Å²) in [5, 5.41) is 4.97. The van der Waals surface area contributed by atoms with Crippen molar-refractivity contribution in [2.24, 2.45) is 0 Å². The number of rotatable bonds is 5. The number of hydrogen-bond acceptors (Lipinski definition) is 3. The van der Waals surface area contributed by atoms with Crippen LogP contribution in [-0.4, -0.2) is 11.4 Å². The zero-order chi connectivity index (χ0) is 17.7. The lowest BCUT2D eigenvalue weighted by Gasteiger charge is -2.33. The predicted octanol–water partition coefficient (Wildman–Crippen LogP) is 4.95.